The predicted octanol–water partition coefficient (Wildman–Crippen LogP) is 5.81. The molecule has 0 aromatic carbocycles. The van der Waals surface area contributed by atoms with E-state index in [1.807, 2.05) is 34.6 Å². The molecule has 0 rings (SSSR count). The highest BCUT2D eigenvalue weighted by Crippen LogP contribution is 2.17. The Balaban J connectivity index is -0.00000575. The van der Waals surface area contributed by atoms with Gasteiger partial charge in [-0.2, -0.15) is 0 Å². The maximum Gasteiger partial charge on any atom is 0.306 e. The molecule has 0 bridgehead atoms. The molecule has 0 spiro atoms. The second-order valence-electron chi connectivity index (χ2n) is 17.8. The van der Waals surface area contributed by atoms with E-state index in [0.29, 0.717) is 19.8 Å². The summed E-state index contributed by atoms with van der Waals surface area (Å²) >= 11 is 0. The fourth-order valence-corrected chi connectivity index (χ4v) is 6.27. The van der Waals surface area contributed by atoms with Gasteiger partial charge in [0, 0.05) is 45.1 Å². The highest BCUT2D eigenvalue weighted by Gasteiger charge is 2.22. The minimum absolute atomic E-state index is 0.0896. The molecule has 0 aliphatic rings. The van der Waals surface area contributed by atoms with Gasteiger partial charge < -0.3 is 43.8 Å². The minimum Gasteiger partial charge on any atom is -0.464 e. The Morgan fingerprint density at radius 3 is 1.00 bits per heavy atom. The van der Waals surface area contributed by atoms with Crippen molar-refractivity contribution in [3.8, 4) is 0 Å². The van der Waals surface area contributed by atoms with Crippen LogP contribution in [0.25, 0.3) is 0 Å². The van der Waals surface area contributed by atoms with Crippen LogP contribution in [0.2, 0.25) is 0 Å². The van der Waals surface area contributed by atoms with E-state index >= 15 is 0 Å². The number of methoxy groups -OCH3 is 1. The molecule has 0 heterocycles. The molecule has 12 heteroatoms. The van der Waals surface area contributed by atoms with Crippen LogP contribution in [0.3, 0.4) is 0 Å². The number of carbonyl (C=O) groups excluding carboxylic acids is 2. The molecule has 0 saturated heterocycles. The van der Waals surface area contributed by atoms with E-state index in [2.05, 4.69) is 109 Å². The summed E-state index contributed by atoms with van der Waals surface area (Å²) in [7, 11) is 19.0. The van der Waals surface area contributed by atoms with Crippen LogP contribution in [-0.4, -0.2) is 232 Å². The molecule has 350 valence electrons. The first kappa shape index (κ1) is 61.1. The van der Waals surface area contributed by atoms with Crippen LogP contribution in [0, 0.1) is 5.41 Å². The number of ketones is 1. The summed E-state index contributed by atoms with van der Waals surface area (Å²) in [6.07, 6.45) is 8.72. The Hall–Kier alpha value is -1.22. The fourth-order valence-electron chi connectivity index (χ4n) is 6.27. The summed E-state index contributed by atoms with van der Waals surface area (Å²) < 4.78 is 11.0. The van der Waals surface area contributed by atoms with Crippen molar-refractivity contribution < 1.29 is 19.1 Å². The van der Waals surface area contributed by atoms with Gasteiger partial charge in [0.25, 0.3) is 0 Å². The van der Waals surface area contributed by atoms with Crippen molar-refractivity contribution in [1.82, 2.24) is 39.2 Å². The zero-order valence-corrected chi connectivity index (χ0v) is 41.8. The first-order chi connectivity index (χ1) is 27.4. The van der Waals surface area contributed by atoms with E-state index in [9.17, 15) is 9.59 Å². The molecule has 58 heavy (non-hydrogen) atoms. The monoisotopic (exact) mass is 831 g/mol. The highest BCUT2D eigenvalue weighted by atomic mass is 16.5. The third kappa shape index (κ3) is 42.9. The van der Waals surface area contributed by atoms with Crippen molar-refractivity contribution >= 4 is 11.8 Å². The van der Waals surface area contributed by atoms with Gasteiger partial charge in [-0.1, -0.05) is 54.9 Å². The van der Waals surface area contributed by atoms with Gasteiger partial charge in [0.05, 0.1) is 13.0 Å². The molecule has 0 aromatic rings. The number of Topliss-reactive ketones (excluding diaryl/α,β-unsaturated/α-hetero) is 1. The van der Waals surface area contributed by atoms with Crippen LogP contribution in [0.15, 0.2) is 0 Å². The molecule has 0 aliphatic carbocycles. The Bertz CT molecular complexity index is 835. The maximum atomic E-state index is 12.4. The molecule has 0 radical (unpaired) electrons. The number of carbonyl (C=O) groups is 2. The van der Waals surface area contributed by atoms with E-state index in [1.165, 1.54) is 32.1 Å². The van der Waals surface area contributed by atoms with E-state index in [-0.39, 0.29) is 24.6 Å². The summed E-state index contributed by atoms with van der Waals surface area (Å²) in [6, 6.07) is 0. The zero-order chi connectivity index (χ0) is 44.8. The molecule has 0 saturated carbocycles. The third-order valence-corrected chi connectivity index (χ3v) is 9.62. The minimum atomic E-state index is -0.435. The van der Waals surface area contributed by atoms with Gasteiger partial charge in [0.15, 0.2) is 0 Å². The lowest BCUT2D eigenvalue weighted by Crippen LogP contribution is -2.41. The lowest BCUT2D eigenvalue weighted by molar-refractivity contribution is -0.145. The van der Waals surface area contributed by atoms with Crippen LogP contribution in [0.4, 0.5) is 0 Å². The standard InChI is InChI=1S/C41H88N8O4.C3H8.C2H6/c1-41(2,3)39(50)19-20-40(51)53-38-36-49(35-37-52-12)34-33-48(31-17-29-46(25-13-21-42(4)5)26-14-22-43(6)7)32-18-30-47(27-15-23-44(8)9)28-16-24-45(10)11;1-3-2;1-2/h13-38H2,1-12H3;3H2,1-2H3;1-2H3. The number of esters is 1. The van der Waals surface area contributed by atoms with Gasteiger partial charge in [-0.05, 0) is 173 Å². The molecule has 0 fully saturated rings. The Kier molecular flexibility index (Phi) is 43.3. The number of nitrogens with zero attached hydrogens (tertiary/aromatic N) is 8. The fraction of sp³-hybridized carbons (Fsp3) is 0.957. The van der Waals surface area contributed by atoms with Crippen molar-refractivity contribution in [2.24, 2.45) is 5.41 Å². The van der Waals surface area contributed by atoms with E-state index in [4.69, 9.17) is 9.47 Å². The van der Waals surface area contributed by atoms with Crippen molar-refractivity contribution in [2.75, 3.05) is 181 Å². The lowest BCUT2D eigenvalue weighted by atomic mass is 9.88. The van der Waals surface area contributed by atoms with E-state index in [0.717, 1.165) is 111 Å². The van der Waals surface area contributed by atoms with Crippen LogP contribution < -0.4 is 0 Å². The third-order valence-electron chi connectivity index (χ3n) is 9.62. The lowest BCUT2D eigenvalue weighted by Gasteiger charge is -2.30. The number of hydrogen-bond donors (Lipinski definition) is 0. The highest BCUT2D eigenvalue weighted by molar-refractivity contribution is 5.86. The molecular formula is C46H102N8O4. The maximum absolute atomic E-state index is 12.4. The summed E-state index contributed by atoms with van der Waals surface area (Å²) in [5, 5.41) is 0. The van der Waals surface area contributed by atoms with Gasteiger partial charge in [0.1, 0.15) is 12.4 Å². The molecular weight excluding hydrogens is 729 g/mol. The average Bonchev–Trinajstić information content (AvgIpc) is 3.14. The van der Waals surface area contributed by atoms with Gasteiger partial charge in [-0.25, -0.2) is 0 Å². The number of rotatable bonds is 36. The number of hydrogen-bond acceptors (Lipinski definition) is 12. The quantitative estimate of drug-likeness (QED) is 0.0717. The molecule has 0 unspecified atom stereocenters. The smallest absolute Gasteiger partial charge is 0.306 e. The number of ether oxygens (including phenoxy) is 2. The average molecular weight is 831 g/mol. The van der Waals surface area contributed by atoms with Gasteiger partial charge in [0.2, 0.25) is 0 Å². The van der Waals surface area contributed by atoms with Crippen LogP contribution >= 0.6 is 0 Å². The van der Waals surface area contributed by atoms with E-state index in [1.54, 1.807) is 7.11 Å². The molecule has 0 aromatic heterocycles. The van der Waals surface area contributed by atoms with Gasteiger partial charge >= 0.3 is 5.97 Å². The SMILES string of the molecule is CC.CCC.COCCN(CCOC(=O)CCC(=O)C(C)(C)C)CCN(CCCN(CCCN(C)C)CCCN(C)C)CCCN(CCCN(C)C)CCCN(C)C. The first-order valence-corrected chi connectivity index (χ1v) is 23.1. The predicted molar refractivity (Wildman–Crippen MR) is 252 cm³/mol. The van der Waals surface area contributed by atoms with Crippen LogP contribution in [0.5, 0.6) is 0 Å². The second-order valence-corrected chi connectivity index (χ2v) is 17.8. The summed E-state index contributed by atoms with van der Waals surface area (Å²) in [5.74, 6) is -0.205. The van der Waals surface area contributed by atoms with Crippen LogP contribution in [-0.2, 0) is 19.1 Å². The Morgan fingerprint density at radius 2 is 0.707 bits per heavy atom. The summed E-state index contributed by atoms with van der Waals surface area (Å²) in [4.78, 5) is 44.2. The summed E-state index contributed by atoms with van der Waals surface area (Å²) in [5.41, 5.74) is -0.435. The van der Waals surface area contributed by atoms with Crippen molar-refractivity contribution in [1.29, 1.82) is 0 Å². The molecule has 0 N–H and O–H groups in total. The Morgan fingerprint density at radius 1 is 0.431 bits per heavy atom. The van der Waals surface area contributed by atoms with Gasteiger partial charge in [-0.15, -0.1) is 0 Å². The van der Waals surface area contributed by atoms with Crippen molar-refractivity contribution in [3.63, 3.8) is 0 Å². The second kappa shape index (κ2) is 41.1. The van der Waals surface area contributed by atoms with Gasteiger partial charge in [-0.3, -0.25) is 14.5 Å². The largest absolute Gasteiger partial charge is 0.464 e. The van der Waals surface area contributed by atoms with Crippen LogP contribution in [0.1, 0.15) is 106 Å². The van der Waals surface area contributed by atoms with E-state index < -0.39 is 5.41 Å². The molecule has 0 aliphatic heterocycles. The Labute approximate surface area is 362 Å². The van der Waals surface area contributed by atoms with Crippen molar-refractivity contribution in [3.05, 3.63) is 0 Å². The molecule has 0 atom stereocenters. The molecule has 12 nitrogen and oxygen atoms in total. The normalized spacial score (nSPS) is 12.0. The topological polar surface area (TPSA) is 78.5 Å². The first-order valence-electron chi connectivity index (χ1n) is 23.1. The molecule has 0 amide bonds. The summed E-state index contributed by atoms with van der Waals surface area (Å²) in [6.45, 7) is 31.7. The van der Waals surface area contributed by atoms with Crippen molar-refractivity contribution in [2.45, 2.75) is 106 Å². The zero-order valence-electron chi connectivity index (χ0n) is 41.8.